The van der Waals surface area contributed by atoms with Crippen LogP contribution in [0.3, 0.4) is 0 Å². The molecular formula is C19H27F2IN6O. The van der Waals surface area contributed by atoms with Gasteiger partial charge in [-0.25, -0.2) is 13.8 Å². The molecule has 0 bridgehead atoms. The van der Waals surface area contributed by atoms with Crippen LogP contribution in [0.4, 0.5) is 8.78 Å². The maximum Gasteiger partial charge on any atom is 0.223 e. The zero-order valence-electron chi connectivity index (χ0n) is 16.6. The summed E-state index contributed by atoms with van der Waals surface area (Å²) < 4.78 is 32.8. The molecule has 160 valence electrons. The number of hydrogen-bond donors (Lipinski definition) is 2. The van der Waals surface area contributed by atoms with Gasteiger partial charge in [-0.3, -0.25) is 4.90 Å². The van der Waals surface area contributed by atoms with Gasteiger partial charge in [0.15, 0.2) is 11.8 Å². The zero-order valence-corrected chi connectivity index (χ0v) is 19.0. The molecule has 1 saturated heterocycles. The summed E-state index contributed by atoms with van der Waals surface area (Å²) in [7, 11) is 0. The van der Waals surface area contributed by atoms with E-state index in [2.05, 4.69) is 30.7 Å². The van der Waals surface area contributed by atoms with E-state index in [1.165, 1.54) is 18.2 Å². The first-order valence-electron chi connectivity index (χ1n) is 9.54. The Kier molecular flexibility index (Phi) is 9.21. The normalized spacial score (nSPS) is 17.7. The highest BCUT2D eigenvalue weighted by atomic mass is 127. The molecule has 1 aromatic carbocycles. The molecule has 1 fully saturated rings. The number of hydrogen-bond acceptors (Lipinski definition) is 5. The number of aryl methyl sites for hydroxylation is 1. The van der Waals surface area contributed by atoms with Crippen molar-refractivity contribution in [1.29, 1.82) is 0 Å². The molecule has 1 aromatic heterocycles. The largest absolute Gasteiger partial charge is 0.357 e. The molecule has 2 heterocycles. The van der Waals surface area contributed by atoms with Crippen molar-refractivity contribution in [2.75, 3.05) is 19.6 Å². The molecule has 1 aliphatic heterocycles. The Morgan fingerprint density at radius 2 is 2.10 bits per heavy atom. The minimum atomic E-state index is -0.500. The minimum absolute atomic E-state index is 0. The van der Waals surface area contributed by atoms with E-state index in [1.807, 2.05) is 6.92 Å². The summed E-state index contributed by atoms with van der Waals surface area (Å²) in [6.07, 6.45) is 1.90. The summed E-state index contributed by atoms with van der Waals surface area (Å²) in [5.74, 6) is 0.691. The number of rotatable bonds is 6. The molecule has 0 radical (unpaired) electrons. The lowest BCUT2D eigenvalue weighted by Crippen LogP contribution is -2.51. The number of piperidine rings is 1. The number of aliphatic imine (C=N–C) groups is 1. The van der Waals surface area contributed by atoms with E-state index in [0.717, 1.165) is 19.4 Å². The van der Waals surface area contributed by atoms with E-state index < -0.39 is 11.6 Å². The van der Waals surface area contributed by atoms with Crippen LogP contribution in [-0.4, -0.2) is 46.7 Å². The number of nitrogens with zero attached hydrogens (tertiary/aromatic N) is 4. The van der Waals surface area contributed by atoms with Gasteiger partial charge in [-0.2, -0.15) is 4.98 Å². The lowest BCUT2D eigenvalue weighted by Gasteiger charge is -2.34. The maximum atomic E-state index is 13.9. The van der Waals surface area contributed by atoms with Gasteiger partial charge in [-0.05, 0) is 38.4 Å². The van der Waals surface area contributed by atoms with Gasteiger partial charge in [0.25, 0.3) is 0 Å². The zero-order chi connectivity index (χ0) is 19.9. The Morgan fingerprint density at radius 3 is 2.76 bits per heavy atom. The number of halogens is 3. The lowest BCUT2D eigenvalue weighted by molar-refractivity contribution is 0.188. The minimum Gasteiger partial charge on any atom is -0.357 e. The van der Waals surface area contributed by atoms with E-state index in [0.29, 0.717) is 37.3 Å². The molecule has 1 aliphatic rings. The predicted octanol–water partition coefficient (Wildman–Crippen LogP) is 2.99. The Bertz CT molecular complexity index is 795. The molecule has 0 spiro atoms. The number of likely N-dealkylation sites (tertiary alicyclic amines) is 1. The fraction of sp³-hybridized carbons (Fsp3) is 0.526. The van der Waals surface area contributed by atoms with Gasteiger partial charge < -0.3 is 15.2 Å². The van der Waals surface area contributed by atoms with Gasteiger partial charge in [0.05, 0.1) is 0 Å². The Labute approximate surface area is 186 Å². The van der Waals surface area contributed by atoms with Crippen molar-refractivity contribution in [3.05, 3.63) is 47.1 Å². The second kappa shape index (κ2) is 11.4. The monoisotopic (exact) mass is 520 g/mol. The molecule has 2 aromatic rings. The van der Waals surface area contributed by atoms with Crippen LogP contribution >= 0.6 is 24.0 Å². The van der Waals surface area contributed by atoms with Crippen LogP contribution in [0.15, 0.2) is 27.7 Å². The second-order valence-corrected chi connectivity index (χ2v) is 6.84. The van der Waals surface area contributed by atoms with Gasteiger partial charge in [-0.1, -0.05) is 11.2 Å². The summed E-state index contributed by atoms with van der Waals surface area (Å²) in [5, 5.41) is 10.4. The topological polar surface area (TPSA) is 78.6 Å². The second-order valence-electron chi connectivity index (χ2n) is 6.84. The summed E-state index contributed by atoms with van der Waals surface area (Å²) in [6, 6.07) is 4.12. The van der Waals surface area contributed by atoms with Gasteiger partial charge in [0.2, 0.25) is 5.89 Å². The molecule has 1 atom stereocenters. The average Bonchev–Trinajstić information content (AvgIpc) is 3.09. The van der Waals surface area contributed by atoms with Crippen molar-refractivity contribution in [2.45, 2.75) is 45.8 Å². The maximum absolute atomic E-state index is 13.9. The molecule has 3 rings (SSSR count). The van der Waals surface area contributed by atoms with Crippen LogP contribution in [-0.2, 0) is 13.1 Å². The summed E-state index contributed by atoms with van der Waals surface area (Å²) in [6.45, 7) is 6.49. The van der Waals surface area contributed by atoms with Crippen LogP contribution in [0, 0.1) is 18.6 Å². The van der Waals surface area contributed by atoms with Crippen molar-refractivity contribution >= 4 is 29.9 Å². The van der Waals surface area contributed by atoms with Gasteiger partial charge >= 0.3 is 0 Å². The molecule has 0 amide bonds. The fourth-order valence-electron chi connectivity index (χ4n) is 3.29. The predicted molar refractivity (Wildman–Crippen MR) is 117 cm³/mol. The SMILES string of the molecule is CCNC(=NCc1noc(C)n1)NC1CCCN(Cc2c(F)cccc2F)C1.I. The summed E-state index contributed by atoms with van der Waals surface area (Å²) in [4.78, 5) is 10.7. The van der Waals surface area contributed by atoms with Crippen molar-refractivity contribution < 1.29 is 13.3 Å². The van der Waals surface area contributed by atoms with Gasteiger partial charge in [-0.15, -0.1) is 24.0 Å². The quantitative estimate of drug-likeness (QED) is 0.347. The van der Waals surface area contributed by atoms with E-state index in [4.69, 9.17) is 4.52 Å². The summed E-state index contributed by atoms with van der Waals surface area (Å²) >= 11 is 0. The number of guanidine groups is 1. The van der Waals surface area contributed by atoms with Crippen molar-refractivity contribution in [3.63, 3.8) is 0 Å². The number of benzene rings is 1. The van der Waals surface area contributed by atoms with Gasteiger partial charge in [0, 0.05) is 38.2 Å². The molecular weight excluding hydrogens is 493 g/mol. The molecule has 1 unspecified atom stereocenters. The van der Waals surface area contributed by atoms with Crippen LogP contribution in [0.25, 0.3) is 0 Å². The number of aromatic nitrogens is 2. The van der Waals surface area contributed by atoms with Crippen LogP contribution in [0.2, 0.25) is 0 Å². The average molecular weight is 520 g/mol. The fourth-order valence-corrected chi connectivity index (χ4v) is 3.29. The Balaban J connectivity index is 0.00000300. The Hall–Kier alpha value is -1.82. The van der Waals surface area contributed by atoms with E-state index >= 15 is 0 Å². The van der Waals surface area contributed by atoms with E-state index in [-0.39, 0.29) is 42.1 Å². The van der Waals surface area contributed by atoms with Crippen molar-refractivity contribution in [2.24, 2.45) is 4.99 Å². The molecule has 0 saturated carbocycles. The van der Waals surface area contributed by atoms with Crippen LogP contribution in [0.1, 0.15) is 37.0 Å². The van der Waals surface area contributed by atoms with E-state index in [9.17, 15) is 8.78 Å². The Morgan fingerprint density at radius 1 is 1.34 bits per heavy atom. The highest BCUT2D eigenvalue weighted by Gasteiger charge is 2.22. The van der Waals surface area contributed by atoms with Crippen molar-refractivity contribution in [3.8, 4) is 0 Å². The highest BCUT2D eigenvalue weighted by Crippen LogP contribution is 2.18. The first kappa shape index (κ1) is 23.5. The van der Waals surface area contributed by atoms with Crippen molar-refractivity contribution in [1.82, 2.24) is 25.7 Å². The standard InChI is InChI=1S/C19H26F2N6O.HI/c1-3-22-19(23-10-18-24-13(2)28-26-18)25-14-6-5-9-27(11-14)12-15-16(20)7-4-8-17(15)21;/h4,7-8,14H,3,5-6,9-12H2,1-2H3,(H2,22,23,25);1H. The molecule has 10 heteroatoms. The third-order valence-electron chi connectivity index (χ3n) is 4.58. The summed E-state index contributed by atoms with van der Waals surface area (Å²) in [5.41, 5.74) is 0.121. The molecule has 0 aliphatic carbocycles. The number of nitrogens with one attached hydrogen (secondary N) is 2. The smallest absolute Gasteiger partial charge is 0.223 e. The lowest BCUT2D eigenvalue weighted by atomic mass is 10.0. The third kappa shape index (κ3) is 6.88. The molecule has 29 heavy (non-hydrogen) atoms. The van der Waals surface area contributed by atoms with Gasteiger partial charge in [0.1, 0.15) is 18.2 Å². The van der Waals surface area contributed by atoms with Crippen LogP contribution < -0.4 is 10.6 Å². The molecule has 7 nitrogen and oxygen atoms in total. The first-order chi connectivity index (χ1) is 13.5. The van der Waals surface area contributed by atoms with Crippen LogP contribution in [0.5, 0.6) is 0 Å². The third-order valence-corrected chi connectivity index (χ3v) is 4.58. The molecule has 2 N–H and O–H groups in total. The first-order valence-corrected chi connectivity index (χ1v) is 9.54. The highest BCUT2D eigenvalue weighted by molar-refractivity contribution is 14.0. The van der Waals surface area contributed by atoms with E-state index in [1.54, 1.807) is 6.92 Å².